The van der Waals surface area contributed by atoms with Crippen molar-refractivity contribution in [1.29, 1.82) is 0 Å². The van der Waals surface area contributed by atoms with E-state index in [0.29, 0.717) is 12.2 Å². The fourth-order valence-corrected chi connectivity index (χ4v) is 2.84. The maximum atomic E-state index is 12.0. The number of carboxylic acid groups (broad SMARTS) is 1. The molecule has 3 N–H and O–H groups in total. The molecule has 118 valence electrons. The van der Waals surface area contributed by atoms with Crippen LogP contribution in [0.5, 0.6) is 0 Å². The summed E-state index contributed by atoms with van der Waals surface area (Å²) < 4.78 is 26.2. The van der Waals surface area contributed by atoms with Gasteiger partial charge in [-0.15, -0.1) is 0 Å². The van der Waals surface area contributed by atoms with Gasteiger partial charge in [0.25, 0.3) is 0 Å². The highest BCUT2D eigenvalue weighted by atomic mass is 32.2. The van der Waals surface area contributed by atoms with Gasteiger partial charge in [0.05, 0.1) is 11.3 Å². The molecule has 0 heterocycles. The molecule has 0 saturated carbocycles. The Balaban J connectivity index is 2.95. The van der Waals surface area contributed by atoms with E-state index in [0.717, 1.165) is 25.7 Å². The van der Waals surface area contributed by atoms with Crippen molar-refractivity contribution in [1.82, 2.24) is 4.72 Å². The van der Waals surface area contributed by atoms with Gasteiger partial charge in [-0.3, -0.25) is 0 Å². The first-order chi connectivity index (χ1) is 9.92. The average Bonchev–Trinajstić information content (AvgIpc) is 2.46. The van der Waals surface area contributed by atoms with E-state index in [-0.39, 0.29) is 10.5 Å². The lowest BCUT2D eigenvalue weighted by molar-refractivity contribution is 0.0696. The molecule has 0 saturated heterocycles. The second-order valence-corrected chi connectivity index (χ2v) is 6.57. The van der Waals surface area contributed by atoms with Gasteiger partial charge in [-0.2, -0.15) is 0 Å². The van der Waals surface area contributed by atoms with E-state index in [1.807, 2.05) is 0 Å². The second kappa shape index (κ2) is 7.99. The van der Waals surface area contributed by atoms with Crippen LogP contribution in [-0.4, -0.2) is 33.1 Å². The normalized spacial score (nSPS) is 11.3. The quantitative estimate of drug-likeness (QED) is 0.608. The molecule has 6 nitrogen and oxygen atoms in total. The van der Waals surface area contributed by atoms with Gasteiger partial charge in [-0.05, 0) is 31.7 Å². The number of rotatable bonds is 9. The van der Waals surface area contributed by atoms with Crippen LogP contribution in [-0.2, 0) is 10.0 Å². The molecule has 0 spiro atoms. The number of carboxylic acids is 1. The van der Waals surface area contributed by atoms with Crippen LogP contribution in [0.1, 0.15) is 43.0 Å². The lowest BCUT2D eigenvalue weighted by Gasteiger charge is -2.13. The summed E-state index contributed by atoms with van der Waals surface area (Å²) in [7, 11) is -2.41. The number of aromatic carboxylic acids is 1. The van der Waals surface area contributed by atoms with Crippen LogP contribution in [0.4, 0.5) is 5.69 Å². The van der Waals surface area contributed by atoms with E-state index in [1.54, 1.807) is 0 Å². The van der Waals surface area contributed by atoms with E-state index in [1.165, 1.54) is 25.2 Å². The van der Waals surface area contributed by atoms with E-state index >= 15 is 0 Å². The molecule has 1 rings (SSSR count). The SMILES string of the molecule is CCCCCCNc1ccc(C(=O)O)cc1S(=O)(=O)NC. The van der Waals surface area contributed by atoms with E-state index in [4.69, 9.17) is 5.11 Å². The summed E-state index contributed by atoms with van der Waals surface area (Å²) in [5.41, 5.74) is 0.367. The third kappa shape index (κ3) is 5.02. The number of sulfonamides is 1. The number of unbranched alkanes of at least 4 members (excludes halogenated alkanes) is 3. The lowest BCUT2D eigenvalue weighted by atomic mass is 10.2. The van der Waals surface area contributed by atoms with Gasteiger partial charge in [-0.1, -0.05) is 26.2 Å². The third-order valence-corrected chi connectivity index (χ3v) is 4.59. The van der Waals surface area contributed by atoms with Crippen molar-refractivity contribution < 1.29 is 18.3 Å². The van der Waals surface area contributed by atoms with E-state index in [2.05, 4.69) is 17.0 Å². The minimum atomic E-state index is -3.71. The molecule has 0 aliphatic rings. The summed E-state index contributed by atoms with van der Waals surface area (Å²) in [4.78, 5) is 10.9. The Kier molecular flexibility index (Phi) is 6.64. The highest BCUT2D eigenvalue weighted by Crippen LogP contribution is 2.23. The Labute approximate surface area is 125 Å². The summed E-state index contributed by atoms with van der Waals surface area (Å²) in [6.07, 6.45) is 4.28. The largest absolute Gasteiger partial charge is 0.478 e. The Hall–Kier alpha value is -1.60. The van der Waals surface area contributed by atoms with Crippen LogP contribution in [0.2, 0.25) is 0 Å². The van der Waals surface area contributed by atoms with Crippen LogP contribution >= 0.6 is 0 Å². The third-order valence-electron chi connectivity index (χ3n) is 3.13. The molecule has 0 aliphatic heterocycles. The molecule has 0 aromatic heterocycles. The van der Waals surface area contributed by atoms with Crippen molar-refractivity contribution in [2.75, 3.05) is 18.9 Å². The smallest absolute Gasteiger partial charge is 0.335 e. The Bertz CT molecular complexity index is 585. The maximum Gasteiger partial charge on any atom is 0.335 e. The number of carbonyl (C=O) groups is 1. The predicted molar refractivity (Wildman–Crippen MR) is 82.3 cm³/mol. The summed E-state index contributed by atoms with van der Waals surface area (Å²) in [6.45, 7) is 2.77. The van der Waals surface area contributed by atoms with Gasteiger partial charge in [0.1, 0.15) is 4.90 Å². The van der Waals surface area contributed by atoms with Gasteiger partial charge >= 0.3 is 5.97 Å². The highest BCUT2D eigenvalue weighted by molar-refractivity contribution is 7.89. The fraction of sp³-hybridized carbons (Fsp3) is 0.500. The summed E-state index contributed by atoms with van der Waals surface area (Å²) in [6, 6.07) is 4.06. The van der Waals surface area contributed by atoms with Crippen LogP contribution < -0.4 is 10.0 Å². The molecule has 0 bridgehead atoms. The molecule has 1 aromatic rings. The van der Waals surface area contributed by atoms with Gasteiger partial charge in [-0.25, -0.2) is 17.9 Å². The van der Waals surface area contributed by atoms with Crippen LogP contribution in [0, 0.1) is 0 Å². The van der Waals surface area contributed by atoms with Gasteiger partial charge in [0, 0.05) is 6.54 Å². The first-order valence-electron chi connectivity index (χ1n) is 6.97. The number of hydrogen-bond acceptors (Lipinski definition) is 4. The van der Waals surface area contributed by atoms with E-state index in [9.17, 15) is 13.2 Å². The zero-order valence-electron chi connectivity index (χ0n) is 12.3. The lowest BCUT2D eigenvalue weighted by Crippen LogP contribution is -2.21. The molecule has 1 aromatic carbocycles. The summed E-state index contributed by atoms with van der Waals surface area (Å²) in [5.74, 6) is -1.16. The highest BCUT2D eigenvalue weighted by Gasteiger charge is 2.19. The molecule has 0 fully saturated rings. The molecule has 0 amide bonds. The minimum absolute atomic E-state index is 0.0413. The number of hydrogen-bond donors (Lipinski definition) is 3. The monoisotopic (exact) mass is 314 g/mol. The van der Waals surface area contributed by atoms with Crippen molar-refractivity contribution in [3.63, 3.8) is 0 Å². The Morgan fingerprint density at radius 1 is 1.24 bits per heavy atom. The zero-order valence-corrected chi connectivity index (χ0v) is 13.2. The number of nitrogens with one attached hydrogen (secondary N) is 2. The van der Waals surface area contributed by atoms with Crippen molar-refractivity contribution in [3.05, 3.63) is 23.8 Å². The predicted octanol–water partition coefficient (Wildman–Crippen LogP) is 2.29. The minimum Gasteiger partial charge on any atom is -0.478 e. The number of benzene rings is 1. The molecule has 7 heteroatoms. The Morgan fingerprint density at radius 3 is 2.52 bits per heavy atom. The average molecular weight is 314 g/mol. The second-order valence-electron chi connectivity index (χ2n) is 4.71. The fourth-order valence-electron chi connectivity index (χ4n) is 1.91. The van der Waals surface area contributed by atoms with Crippen LogP contribution in [0.25, 0.3) is 0 Å². The topological polar surface area (TPSA) is 95.5 Å². The van der Waals surface area contributed by atoms with Crippen molar-refractivity contribution >= 4 is 21.7 Å². The molecule has 0 unspecified atom stereocenters. The maximum absolute atomic E-state index is 12.0. The van der Waals surface area contributed by atoms with Gasteiger partial charge in [0.2, 0.25) is 10.0 Å². The van der Waals surface area contributed by atoms with Crippen molar-refractivity contribution in [3.8, 4) is 0 Å². The summed E-state index contributed by atoms with van der Waals surface area (Å²) >= 11 is 0. The van der Waals surface area contributed by atoms with Crippen LogP contribution in [0.3, 0.4) is 0 Å². The molecule has 21 heavy (non-hydrogen) atoms. The number of anilines is 1. The molecular formula is C14H22N2O4S. The summed E-state index contributed by atoms with van der Waals surface area (Å²) in [5, 5.41) is 12.0. The van der Waals surface area contributed by atoms with Gasteiger partial charge in [0.15, 0.2) is 0 Å². The molecular weight excluding hydrogens is 292 g/mol. The first kappa shape index (κ1) is 17.5. The van der Waals surface area contributed by atoms with Crippen molar-refractivity contribution in [2.24, 2.45) is 0 Å². The first-order valence-corrected chi connectivity index (χ1v) is 8.45. The Morgan fingerprint density at radius 2 is 1.95 bits per heavy atom. The van der Waals surface area contributed by atoms with Crippen LogP contribution in [0.15, 0.2) is 23.1 Å². The van der Waals surface area contributed by atoms with E-state index < -0.39 is 16.0 Å². The molecule has 0 atom stereocenters. The zero-order chi connectivity index (χ0) is 15.9. The standard InChI is InChI=1S/C14H22N2O4S/c1-3-4-5-6-9-16-12-8-7-11(14(17)18)10-13(12)21(19,20)15-2/h7-8,10,15-16H,3-6,9H2,1-2H3,(H,17,18). The van der Waals surface area contributed by atoms with Crippen molar-refractivity contribution in [2.45, 2.75) is 37.5 Å². The molecule has 0 radical (unpaired) electrons. The molecule has 0 aliphatic carbocycles. The van der Waals surface area contributed by atoms with Gasteiger partial charge < -0.3 is 10.4 Å².